The Morgan fingerprint density at radius 3 is 2.55 bits per heavy atom. The van der Waals surface area contributed by atoms with Gasteiger partial charge in [0.05, 0.1) is 11.9 Å². The van der Waals surface area contributed by atoms with Crippen LogP contribution in [0.4, 0.5) is 5.69 Å². The molecule has 1 N–H and O–H groups in total. The fourth-order valence-electron chi connectivity index (χ4n) is 2.39. The lowest BCUT2D eigenvalue weighted by molar-refractivity contribution is -0.127. The zero-order valence-corrected chi connectivity index (χ0v) is 19.0. The zero-order valence-electron chi connectivity index (χ0n) is 16.6. The SMILES string of the molecule is CC(Oc1ccc(N(C)S(C)(=O)=O)cc1)C(=O)NCCSCc1cccc(Cl)c1. The first-order valence-electron chi connectivity index (χ1n) is 8.97. The minimum atomic E-state index is -3.32. The van der Waals surface area contributed by atoms with Crippen LogP contribution in [0.15, 0.2) is 48.5 Å². The summed E-state index contributed by atoms with van der Waals surface area (Å²) in [4.78, 5) is 12.2. The van der Waals surface area contributed by atoms with Crippen molar-refractivity contribution in [2.45, 2.75) is 18.8 Å². The van der Waals surface area contributed by atoms with E-state index in [4.69, 9.17) is 16.3 Å². The molecule has 0 radical (unpaired) electrons. The number of anilines is 1. The molecule has 29 heavy (non-hydrogen) atoms. The van der Waals surface area contributed by atoms with Gasteiger partial charge in [0.25, 0.3) is 5.91 Å². The van der Waals surface area contributed by atoms with Gasteiger partial charge in [-0.15, -0.1) is 0 Å². The quantitative estimate of drug-likeness (QED) is 0.553. The van der Waals surface area contributed by atoms with Crippen molar-refractivity contribution in [2.24, 2.45) is 0 Å². The molecular formula is C20H25ClN2O4S2. The van der Waals surface area contributed by atoms with Crippen molar-refractivity contribution in [2.75, 3.05) is 29.9 Å². The molecule has 0 aliphatic carbocycles. The van der Waals surface area contributed by atoms with Crippen molar-refractivity contribution in [3.63, 3.8) is 0 Å². The normalized spacial score (nSPS) is 12.3. The number of nitrogens with zero attached hydrogens (tertiary/aromatic N) is 1. The van der Waals surface area contributed by atoms with Crippen molar-refractivity contribution < 1.29 is 17.9 Å². The molecule has 2 aromatic carbocycles. The zero-order chi connectivity index (χ0) is 21.4. The van der Waals surface area contributed by atoms with E-state index in [0.29, 0.717) is 18.0 Å². The number of rotatable bonds is 10. The molecule has 0 saturated heterocycles. The van der Waals surface area contributed by atoms with Crippen LogP contribution in [0.25, 0.3) is 0 Å². The summed E-state index contributed by atoms with van der Waals surface area (Å²) in [5.74, 6) is 1.90. The average molecular weight is 457 g/mol. The number of carbonyl (C=O) groups excluding carboxylic acids is 1. The van der Waals surface area contributed by atoms with Gasteiger partial charge in [-0.05, 0) is 48.9 Å². The number of carbonyl (C=O) groups is 1. The molecule has 0 aliphatic rings. The van der Waals surface area contributed by atoms with Crippen LogP contribution < -0.4 is 14.4 Å². The molecule has 2 rings (SSSR count). The second-order valence-corrected chi connectivity index (χ2v) is 10.0. The van der Waals surface area contributed by atoms with Gasteiger partial charge < -0.3 is 10.1 Å². The molecule has 0 heterocycles. The molecule has 0 spiro atoms. The van der Waals surface area contributed by atoms with E-state index in [-0.39, 0.29) is 5.91 Å². The second-order valence-electron chi connectivity index (χ2n) is 6.46. The van der Waals surface area contributed by atoms with E-state index in [2.05, 4.69) is 5.32 Å². The van der Waals surface area contributed by atoms with Gasteiger partial charge in [0.2, 0.25) is 10.0 Å². The van der Waals surface area contributed by atoms with Gasteiger partial charge in [0.15, 0.2) is 6.10 Å². The molecule has 0 bridgehead atoms. The Kier molecular flexibility index (Phi) is 8.67. The summed E-state index contributed by atoms with van der Waals surface area (Å²) in [6, 6.07) is 14.3. The van der Waals surface area contributed by atoms with E-state index in [1.54, 1.807) is 43.0 Å². The Morgan fingerprint density at radius 2 is 1.93 bits per heavy atom. The van der Waals surface area contributed by atoms with Crippen molar-refractivity contribution in [1.82, 2.24) is 5.32 Å². The van der Waals surface area contributed by atoms with Gasteiger partial charge in [-0.3, -0.25) is 9.10 Å². The fraction of sp³-hybridized carbons (Fsp3) is 0.350. The number of sulfonamides is 1. The van der Waals surface area contributed by atoms with Crippen LogP contribution in [0.3, 0.4) is 0 Å². The molecule has 2 aromatic rings. The molecule has 1 unspecified atom stereocenters. The first-order valence-corrected chi connectivity index (χ1v) is 12.4. The largest absolute Gasteiger partial charge is 0.481 e. The highest BCUT2D eigenvalue weighted by atomic mass is 35.5. The van der Waals surface area contributed by atoms with Crippen LogP contribution >= 0.6 is 23.4 Å². The Balaban J connectivity index is 1.73. The van der Waals surface area contributed by atoms with E-state index in [1.807, 2.05) is 24.3 Å². The number of hydrogen-bond donors (Lipinski definition) is 1. The highest BCUT2D eigenvalue weighted by Crippen LogP contribution is 2.21. The van der Waals surface area contributed by atoms with E-state index in [1.165, 1.54) is 11.4 Å². The Morgan fingerprint density at radius 1 is 1.24 bits per heavy atom. The number of benzene rings is 2. The molecular weight excluding hydrogens is 432 g/mol. The molecule has 1 atom stereocenters. The summed E-state index contributed by atoms with van der Waals surface area (Å²) in [6.07, 6.45) is 0.475. The van der Waals surface area contributed by atoms with Crippen LogP contribution in [0.5, 0.6) is 5.75 Å². The minimum Gasteiger partial charge on any atom is -0.481 e. The van der Waals surface area contributed by atoms with Crippen LogP contribution in [0.2, 0.25) is 5.02 Å². The van der Waals surface area contributed by atoms with Gasteiger partial charge in [-0.25, -0.2) is 8.42 Å². The van der Waals surface area contributed by atoms with Gasteiger partial charge in [0.1, 0.15) is 5.75 Å². The number of ether oxygens (including phenoxy) is 1. The van der Waals surface area contributed by atoms with Gasteiger partial charge in [-0.2, -0.15) is 11.8 Å². The van der Waals surface area contributed by atoms with Crippen LogP contribution in [-0.2, 0) is 20.6 Å². The lowest BCUT2D eigenvalue weighted by Gasteiger charge is -2.18. The monoisotopic (exact) mass is 456 g/mol. The highest BCUT2D eigenvalue weighted by Gasteiger charge is 2.15. The molecule has 6 nitrogen and oxygen atoms in total. The molecule has 0 saturated carbocycles. The molecule has 1 amide bonds. The Bertz CT molecular complexity index is 920. The highest BCUT2D eigenvalue weighted by molar-refractivity contribution is 7.98. The smallest absolute Gasteiger partial charge is 0.260 e. The van der Waals surface area contributed by atoms with E-state index >= 15 is 0 Å². The van der Waals surface area contributed by atoms with Gasteiger partial charge in [-0.1, -0.05) is 23.7 Å². The average Bonchev–Trinajstić information content (AvgIpc) is 2.67. The Labute approximate surface area is 181 Å². The van der Waals surface area contributed by atoms with E-state index in [9.17, 15) is 13.2 Å². The summed E-state index contributed by atoms with van der Waals surface area (Å²) in [7, 11) is -1.84. The third-order valence-corrected chi connectivity index (χ3v) is 6.55. The van der Waals surface area contributed by atoms with Crippen molar-refractivity contribution in [3.05, 3.63) is 59.1 Å². The number of nitrogens with one attached hydrogen (secondary N) is 1. The Hall–Kier alpha value is -1.90. The van der Waals surface area contributed by atoms with Gasteiger partial charge >= 0.3 is 0 Å². The third kappa shape index (κ3) is 7.79. The van der Waals surface area contributed by atoms with Crippen molar-refractivity contribution >= 4 is 45.0 Å². The fourth-order valence-corrected chi connectivity index (χ4v) is 3.91. The number of hydrogen-bond acceptors (Lipinski definition) is 5. The summed E-state index contributed by atoms with van der Waals surface area (Å²) >= 11 is 7.67. The first-order chi connectivity index (χ1) is 13.7. The van der Waals surface area contributed by atoms with E-state index < -0.39 is 16.1 Å². The second kappa shape index (κ2) is 10.8. The van der Waals surface area contributed by atoms with E-state index in [0.717, 1.165) is 28.3 Å². The first kappa shape index (κ1) is 23.4. The standard InChI is InChI=1S/C20H25ClN2O4S2/c1-15(27-19-9-7-18(8-10-19)23(2)29(3,25)26)20(24)22-11-12-28-14-16-5-4-6-17(21)13-16/h4-10,13,15H,11-12,14H2,1-3H3,(H,22,24). The van der Waals surface area contributed by atoms with Crippen molar-refractivity contribution in [1.29, 1.82) is 0 Å². The lowest BCUT2D eigenvalue weighted by Crippen LogP contribution is -2.37. The summed E-state index contributed by atoms with van der Waals surface area (Å²) < 4.78 is 29.9. The predicted octanol–water partition coefficient (Wildman–Crippen LogP) is 3.55. The molecule has 0 fully saturated rings. The molecule has 158 valence electrons. The number of halogens is 1. The predicted molar refractivity (Wildman–Crippen MR) is 120 cm³/mol. The number of thioether (sulfide) groups is 1. The van der Waals surface area contributed by atoms with Crippen LogP contribution in [-0.4, -0.2) is 46.0 Å². The molecule has 9 heteroatoms. The maximum Gasteiger partial charge on any atom is 0.260 e. The van der Waals surface area contributed by atoms with Crippen molar-refractivity contribution in [3.8, 4) is 5.75 Å². The topological polar surface area (TPSA) is 75.7 Å². The molecule has 0 aliphatic heterocycles. The summed E-state index contributed by atoms with van der Waals surface area (Å²) in [5, 5.41) is 3.57. The third-order valence-electron chi connectivity index (χ3n) is 4.08. The summed E-state index contributed by atoms with van der Waals surface area (Å²) in [5.41, 5.74) is 1.67. The maximum absolute atomic E-state index is 12.2. The minimum absolute atomic E-state index is 0.203. The van der Waals surface area contributed by atoms with Gasteiger partial charge in [0, 0.05) is 30.1 Å². The van der Waals surface area contributed by atoms with Crippen LogP contribution in [0, 0.1) is 0 Å². The molecule has 0 aromatic heterocycles. The van der Waals surface area contributed by atoms with Crippen LogP contribution in [0.1, 0.15) is 12.5 Å². The summed E-state index contributed by atoms with van der Waals surface area (Å²) in [6.45, 7) is 2.21. The maximum atomic E-state index is 12.2. The number of amides is 1. The lowest BCUT2D eigenvalue weighted by atomic mass is 10.2.